The molecule has 0 saturated carbocycles. The van der Waals surface area contributed by atoms with Crippen LogP contribution in [0.3, 0.4) is 0 Å². The van der Waals surface area contributed by atoms with Crippen LogP contribution in [0.15, 0.2) is 60.8 Å². The van der Waals surface area contributed by atoms with Crippen molar-refractivity contribution in [3.63, 3.8) is 0 Å². The lowest BCUT2D eigenvalue weighted by Gasteiger charge is -2.19. The van der Waals surface area contributed by atoms with Crippen molar-refractivity contribution in [3.8, 4) is 0 Å². The molecule has 3 aromatic rings. The Bertz CT molecular complexity index is 923. The summed E-state index contributed by atoms with van der Waals surface area (Å²) in [5, 5.41) is 13.2. The normalized spacial score (nSPS) is 13.2. The Morgan fingerprint density at radius 2 is 1.74 bits per heavy atom. The summed E-state index contributed by atoms with van der Waals surface area (Å²) >= 11 is 4.28. The molecular formula is C21H22N2O3S. The Morgan fingerprint density at radius 3 is 2.44 bits per heavy atom. The number of fused-ring (bicyclic) bond motifs is 1. The van der Waals surface area contributed by atoms with Crippen LogP contribution in [-0.4, -0.2) is 33.8 Å². The average molecular weight is 382 g/mol. The molecule has 5 nitrogen and oxygen atoms in total. The molecule has 0 aliphatic heterocycles. The summed E-state index contributed by atoms with van der Waals surface area (Å²) in [6, 6.07) is 16.4. The lowest BCUT2D eigenvalue weighted by molar-refractivity contribution is -0.142. The van der Waals surface area contributed by atoms with Crippen LogP contribution in [0.2, 0.25) is 0 Å². The highest BCUT2D eigenvalue weighted by Crippen LogP contribution is 2.19. The zero-order valence-electron chi connectivity index (χ0n) is 14.8. The molecular weight excluding hydrogens is 360 g/mol. The van der Waals surface area contributed by atoms with Crippen LogP contribution >= 0.6 is 12.6 Å². The van der Waals surface area contributed by atoms with Gasteiger partial charge in [0.25, 0.3) is 0 Å². The Kier molecular flexibility index (Phi) is 6.19. The Morgan fingerprint density at radius 1 is 1.04 bits per heavy atom. The zero-order valence-corrected chi connectivity index (χ0v) is 15.7. The summed E-state index contributed by atoms with van der Waals surface area (Å²) in [5.74, 6) is -1.38. The van der Waals surface area contributed by atoms with Crippen molar-refractivity contribution in [1.29, 1.82) is 0 Å². The molecule has 0 aliphatic rings. The van der Waals surface area contributed by atoms with Crippen molar-refractivity contribution in [2.75, 3.05) is 5.75 Å². The number of hydrogen-bond acceptors (Lipinski definition) is 3. The topological polar surface area (TPSA) is 82.2 Å². The van der Waals surface area contributed by atoms with E-state index in [4.69, 9.17) is 0 Å². The van der Waals surface area contributed by atoms with Gasteiger partial charge in [0.1, 0.15) is 6.04 Å². The number of aromatic nitrogens is 1. The molecule has 0 radical (unpaired) electrons. The standard InChI is InChI=1S/C21H22N2O3S/c24-20(16(13-27)10-14-6-2-1-3-7-14)23-19(21(25)26)11-15-12-22-18-9-5-4-8-17(15)18/h1-9,12,16,19,22,27H,10-11,13H2,(H,23,24)(H,25,26)/t16-,19-/m0/s1. The molecule has 27 heavy (non-hydrogen) atoms. The summed E-state index contributed by atoms with van der Waals surface area (Å²) in [6.45, 7) is 0. The van der Waals surface area contributed by atoms with Gasteiger partial charge in [-0.1, -0.05) is 48.5 Å². The van der Waals surface area contributed by atoms with E-state index in [9.17, 15) is 14.7 Å². The third-order valence-corrected chi connectivity index (χ3v) is 5.07. The van der Waals surface area contributed by atoms with Gasteiger partial charge in [0, 0.05) is 29.3 Å². The molecule has 2 aromatic carbocycles. The minimum atomic E-state index is -1.05. The molecule has 3 N–H and O–H groups in total. The number of carbonyl (C=O) groups excluding carboxylic acids is 1. The molecule has 0 bridgehead atoms. The van der Waals surface area contributed by atoms with Gasteiger partial charge in [-0.3, -0.25) is 4.79 Å². The van der Waals surface area contributed by atoms with E-state index in [2.05, 4.69) is 22.9 Å². The number of rotatable bonds is 8. The second-order valence-corrected chi connectivity index (χ2v) is 6.90. The Labute approximate surface area is 163 Å². The van der Waals surface area contributed by atoms with E-state index >= 15 is 0 Å². The van der Waals surface area contributed by atoms with Gasteiger partial charge in [0.15, 0.2) is 0 Å². The summed E-state index contributed by atoms with van der Waals surface area (Å²) in [6.07, 6.45) is 2.54. The fourth-order valence-corrected chi connectivity index (χ4v) is 3.44. The molecule has 0 spiro atoms. The number of aliphatic carboxylic acids is 1. The fraction of sp³-hybridized carbons (Fsp3) is 0.238. The first-order chi connectivity index (χ1) is 13.1. The van der Waals surface area contributed by atoms with Crippen molar-refractivity contribution in [2.24, 2.45) is 5.92 Å². The number of amides is 1. The van der Waals surface area contributed by atoms with E-state index in [0.29, 0.717) is 12.2 Å². The molecule has 1 amide bonds. The molecule has 0 fully saturated rings. The number of benzene rings is 2. The first kappa shape index (κ1) is 19.0. The first-order valence-electron chi connectivity index (χ1n) is 8.81. The molecule has 0 unspecified atom stereocenters. The summed E-state index contributed by atoms with van der Waals surface area (Å²) < 4.78 is 0. The van der Waals surface area contributed by atoms with Crippen molar-refractivity contribution in [1.82, 2.24) is 10.3 Å². The van der Waals surface area contributed by atoms with Gasteiger partial charge in [0.2, 0.25) is 5.91 Å². The van der Waals surface area contributed by atoms with Crippen LogP contribution in [0, 0.1) is 5.92 Å². The van der Waals surface area contributed by atoms with Crippen LogP contribution in [0.5, 0.6) is 0 Å². The van der Waals surface area contributed by atoms with Gasteiger partial charge in [-0.15, -0.1) is 0 Å². The molecule has 1 aromatic heterocycles. The van der Waals surface area contributed by atoms with Gasteiger partial charge in [-0.2, -0.15) is 12.6 Å². The fourth-order valence-electron chi connectivity index (χ4n) is 3.15. The minimum Gasteiger partial charge on any atom is -0.480 e. The number of carboxylic acid groups (broad SMARTS) is 1. The highest BCUT2D eigenvalue weighted by molar-refractivity contribution is 7.80. The number of carboxylic acids is 1. The highest BCUT2D eigenvalue weighted by atomic mass is 32.1. The smallest absolute Gasteiger partial charge is 0.326 e. The van der Waals surface area contributed by atoms with Crippen molar-refractivity contribution in [2.45, 2.75) is 18.9 Å². The molecule has 0 saturated heterocycles. The number of hydrogen-bond donors (Lipinski definition) is 4. The number of carbonyl (C=O) groups is 2. The molecule has 3 rings (SSSR count). The lowest BCUT2D eigenvalue weighted by Crippen LogP contribution is -2.45. The van der Waals surface area contributed by atoms with E-state index < -0.39 is 12.0 Å². The first-order valence-corrected chi connectivity index (χ1v) is 9.44. The largest absolute Gasteiger partial charge is 0.480 e. The maximum Gasteiger partial charge on any atom is 0.326 e. The summed E-state index contributed by atoms with van der Waals surface area (Å²) in [4.78, 5) is 27.5. The molecule has 1 heterocycles. The van der Waals surface area contributed by atoms with Gasteiger partial charge < -0.3 is 15.4 Å². The minimum absolute atomic E-state index is 0.218. The predicted octanol–water partition coefficient (Wildman–Crippen LogP) is 3.07. The van der Waals surface area contributed by atoms with Crippen molar-refractivity contribution < 1.29 is 14.7 Å². The Hall–Kier alpha value is -2.73. The van der Waals surface area contributed by atoms with Gasteiger partial charge >= 0.3 is 5.97 Å². The van der Waals surface area contributed by atoms with Crippen LogP contribution < -0.4 is 5.32 Å². The number of aromatic amines is 1. The maximum absolute atomic E-state index is 12.7. The maximum atomic E-state index is 12.7. The molecule has 0 aliphatic carbocycles. The third-order valence-electron chi connectivity index (χ3n) is 4.63. The van der Waals surface area contributed by atoms with Crippen LogP contribution in [-0.2, 0) is 22.4 Å². The van der Waals surface area contributed by atoms with Crippen LogP contribution in [0.1, 0.15) is 11.1 Å². The number of nitrogens with one attached hydrogen (secondary N) is 2. The molecule has 2 atom stereocenters. The second kappa shape index (κ2) is 8.77. The molecule has 140 valence electrons. The van der Waals surface area contributed by atoms with Gasteiger partial charge in [-0.25, -0.2) is 4.79 Å². The quantitative estimate of drug-likeness (QED) is 0.452. The SMILES string of the molecule is O=C(N[C@@H](Cc1c[nH]c2ccccc12)C(=O)O)[C@H](CS)Cc1ccccc1. The third kappa shape index (κ3) is 4.71. The van der Waals surface area contributed by atoms with Gasteiger partial charge in [-0.05, 0) is 23.6 Å². The predicted molar refractivity (Wildman–Crippen MR) is 109 cm³/mol. The van der Waals surface area contributed by atoms with E-state index in [1.54, 1.807) is 6.20 Å². The van der Waals surface area contributed by atoms with E-state index in [0.717, 1.165) is 22.0 Å². The zero-order chi connectivity index (χ0) is 19.2. The van der Waals surface area contributed by atoms with Crippen molar-refractivity contribution in [3.05, 3.63) is 71.9 Å². The molecule has 6 heteroatoms. The number of para-hydroxylation sites is 1. The lowest BCUT2D eigenvalue weighted by atomic mass is 9.99. The van der Waals surface area contributed by atoms with Gasteiger partial charge in [0.05, 0.1) is 5.92 Å². The highest BCUT2D eigenvalue weighted by Gasteiger charge is 2.25. The summed E-state index contributed by atoms with van der Waals surface area (Å²) in [7, 11) is 0. The van der Waals surface area contributed by atoms with Crippen molar-refractivity contribution >= 4 is 35.4 Å². The summed E-state index contributed by atoms with van der Waals surface area (Å²) in [5.41, 5.74) is 2.83. The average Bonchev–Trinajstić information content (AvgIpc) is 3.09. The number of thiol groups is 1. The number of H-pyrrole nitrogens is 1. The van der Waals surface area contributed by atoms with Crippen LogP contribution in [0.25, 0.3) is 10.9 Å². The van der Waals surface area contributed by atoms with E-state index in [-0.39, 0.29) is 18.2 Å². The second-order valence-electron chi connectivity index (χ2n) is 6.53. The Balaban J connectivity index is 1.71. The van der Waals surface area contributed by atoms with E-state index in [1.165, 1.54) is 0 Å². The monoisotopic (exact) mass is 382 g/mol. The van der Waals surface area contributed by atoms with Crippen LogP contribution in [0.4, 0.5) is 0 Å². The van der Waals surface area contributed by atoms with E-state index in [1.807, 2.05) is 54.6 Å².